The van der Waals surface area contributed by atoms with Gasteiger partial charge in [-0.1, -0.05) is 44.4 Å². The molecule has 0 saturated carbocycles. The molecule has 0 bridgehead atoms. The Hall–Kier alpha value is -1.25. The Balaban J connectivity index is 3.60. The number of ketones is 1. The predicted molar refractivity (Wildman–Crippen MR) is 70.2 cm³/mol. The minimum absolute atomic E-state index is 0.0596. The number of hydrogen-bond donors (Lipinski definition) is 1. The lowest BCUT2D eigenvalue weighted by Gasteiger charge is -1.95. The summed E-state index contributed by atoms with van der Waals surface area (Å²) in [6.07, 6.45) is 6.25. The highest BCUT2D eigenvalue weighted by atomic mass is 16.3. The van der Waals surface area contributed by atoms with Gasteiger partial charge in [-0.3, -0.25) is 4.79 Å². The first-order valence-corrected chi connectivity index (χ1v) is 6.32. The second kappa shape index (κ2) is 11.2. The first-order valence-electron chi connectivity index (χ1n) is 6.32. The first kappa shape index (κ1) is 15.8. The topological polar surface area (TPSA) is 37.3 Å². The molecule has 0 radical (unpaired) electrons. The molecule has 0 aliphatic rings. The van der Waals surface area contributed by atoms with Crippen LogP contribution in [0.25, 0.3) is 0 Å². The Morgan fingerprint density at radius 1 is 1.18 bits per heavy atom. The maximum atomic E-state index is 10.7. The summed E-state index contributed by atoms with van der Waals surface area (Å²) in [7, 11) is 0. The fraction of sp³-hybridized carbons (Fsp3) is 0.667. The molecule has 0 amide bonds. The Labute approximate surface area is 105 Å². The van der Waals surface area contributed by atoms with Crippen LogP contribution >= 0.6 is 0 Å². The van der Waals surface area contributed by atoms with Gasteiger partial charge in [-0.2, -0.15) is 0 Å². The Morgan fingerprint density at radius 3 is 2.53 bits per heavy atom. The summed E-state index contributed by atoms with van der Waals surface area (Å²) in [6, 6.07) is 0. The van der Waals surface area contributed by atoms with Crippen molar-refractivity contribution in [3.8, 4) is 23.7 Å². The number of rotatable bonds is 7. The average molecular weight is 234 g/mol. The molecule has 0 heterocycles. The molecule has 1 atom stereocenters. The number of carbonyl (C=O) groups excluding carboxylic acids is 1. The summed E-state index contributed by atoms with van der Waals surface area (Å²) in [5, 5.41) is 9.26. The highest BCUT2D eigenvalue weighted by Crippen LogP contribution is 2.03. The zero-order valence-corrected chi connectivity index (χ0v) is 10.9. The van der Waals surface area contributed by atoms with Crippen molar-refractivity contribution < 1.29 is 9.90 Å². The van der Waals surface area contributed by atoms with Crippen molar-refractivity contribution in [1.29, 1.82) is 0 Å². The molecule has 0 spiro atoms. The molecule has 2 nitrogen and oxygen atoms in total. The SMILES string of the molecule is CCCCCCCC#CC#C[C@@H](O)CC(C)=O. The van der Waals surface area contributed by atoms with Crippen LogP contribution in [0.1, 0.15) is 58.8 Å². The fourth-order valence-corrected chi connectivity index (χ4v) is 1.37. The standard InChI is InChI=1S/C15H22O2/c1-3-4-5-6-7-8-9-10-11-12-15(17)13-14(2)16/h15,17H,3-8,13H2,1-2H3/t15-/m1/s1. The molecule has 0 aromatic carbocycles. The molecule has 17 heavy (non-hydrogen) atoms. The number of hydrogen-bond acceptors (Lipinski definition) is 2. The third-order valence-corrected chi connectivity index (χ3v) is 2.28. The van der Waals surface area contributed by atoms with Crippen molar-refractivity contribution >= 4 is 5.78 Å². The summed E-state index contributed by atoms with van der Waals surface area (Å²) in [5.41, 5.74) is 0. The lowest BCUT2D eigenvalue weighted by molar-refractivity contribution is -0.118. The van der Waals surface area contributed by atoms with Gasteiger partial charge in [0.05, 0.1) is 0 Å². The van der Waals surface area contributed by atoms with E-state index in [1.807, 2.05) is 0 Å². The molecule has 0 aliphatic carbocycles. The number of Topliss-reactive ketones (excluding diaryl/α,β-unsaturated/α-hetero) is 1. The van der Waals surface area contributed by atoms with Gasteiger partial charge in [0, 0.05) is 12.8 Å². The van der Waals surface area contributed by atoms with Crippen LogP contribution in [-0.4, -0.2) is 17.0 Å². The summed E-state index contributed by atoms with van der Waals surface area (Å²) in [6.45, 7) is 3.63. The van der Waals surface area contributed by atoms with Gasteiger partial charge in [0.1, 0.15) is 11.9 Å². The summed E-state index contributed by atoms with van der Waals surface area (Å²) < 4.78 is 0. The van der Waals surface area contributed by atoms with E-state index < -0.39 is 6.10 Å². The minimum Gasteiger partial charge on any atom is -0.380 e. The van der Waals surface area contributed by atoms with Crippen LogP contribution in [-0.2, 0) is 4.79 Å². The van der Waals surface area contributed by atoms with E-state index >= 15 is 0 Å². The maximum Gasteiger partial charge on any atom is 0.133 e. The second-order valence-corrected chi connectivity index (χ2v) is 4.16. The van der Waals surface area contributed by atoms with Crippen LogP contribution in [0.15, 0.2) is 0 Å². The monoisotopic (exact) mass is 234 g/mol. The van der Waals surface area contributed by atoms with Crippen molar-refractivity contribution in [2.24, 2.45) is 0 Å². The molecule has 2 heteroatoms. The van der Waals surface area contributed by atoms with E-state index in [2.05, 4.69) is 30.6 Å². The molecular weight excluding hydrogens is 212 g/mol. The second-order valence-electron chi connectivity index (χ2n) is 4.16. The number of aliphatic hydroxyl groups is 1. The minimum atomic E-state index is -0.869. The number of aliphatic hydroxyl groups excluding tert-OH is 1. The van der Waals surface area contributed by atoms with Gasteiger partial charge in [-0.05, 0) is 25.2 Å². The molecule has 0 aliphatic heterocycles. The van der Waals surface area contributed by atoms with Crippen molar-refractivity contribution in [2.75, 3.05) is 0 Å². The van der Waals surface area contributed by atoms with E-state index in [9.17, 15) is 9.90 Å². The first-order chi connectivity index (χ1) is 8.16. The van der Waals surface area contributed by atoms with Crippen LogP contribution in [0.3, 0.4) is 0 Å². The Kier molecular flexibility index (Phi) is 10.4. The molecule has 94 valence electrons. The van der Waals surface area contributed by atoms with Crippen molar-refractivity contribution in [3.63, 3.8) is 0 Å². The highest BCUT2D eigenvalue weighted by molar-refractivity contribution is 5.76. The average Bonchev–Trinajstić information content (AvgIpc) is 2.26. The lowest BCUT2D eigenvalue weighted by atomic mass is 10.1. The van der Waals surface area contributed by atoms with E-state index in [1.165, 1.54) is 32.6 Å². The zero-order valence-electron chi connectivity index (χ0n) is 10.9. The summed E-state index contributed by atoms with van der Waals surface area (Å²) in [4.78, 5) is 10.7. The zero-order chi connectivity index (χ0) is 12.9. The molecule has 0 unspecified atom stereocenters. The van der Waals surface area contributed by atoms with Crippen molar-refractivity contribution in [3.05, 3.63) is 0 Å². The fourth-order valence-electron chi connectivity index (χ4n) is 1.37. The van der Waals surface area contributed by atoms with Crippen LogP contribution in [0.2, 0.25) is 0 Å². The normalized spacial score (nSPS) is 10.8. The van der Waals surface area contributed by atoms with Gasteiger partial charge in [0.15, 0.2) is 0 Å². The smallest absolute Gasteiger partial charge is 0.133 e. The van der Waals surface area contributed by atoms with Crippen LogP contribution in [0, 0.1) is 23.7 Å². The van der Waals surface area contributed by atoms with E-state index in [0.29, 0.717) is 0 Å². The van der Waals surface area contributed by atoms with Crippen molar-refractivity contribution in [1.82, 2.24) is 0 Å². The van der Waals surface area contributed by atoms with Gasteiger partial charge in [-0.25, -0.2) is 0 Å². The van der Waals surface area contributed by atoms with Gasteiger partial charge in [0.25, 0.3) is 0 Å². The quantitative estimate of drug-likeness (QED) is 0.543. The highest BCUT2D eigenvalue weighted by Gasteiger charge is 2.01. The summed E-state index contributed by atoms with van der Waals surface area (Å²) >= 11 is 0. The number of carbonyl (C=O) groups is 1. The third kappa shape index (κ3) is 12.7. The van der Waals surface area contributed by atoms with Gasteiger partial charge in [0.2, 0.25) is 0 Å². The Morgan fingerprint density at radius 2 is 1.88 bits per heavy atom. The Bertz CT molecular complexity index is 322. The largest absolute Gasteiger partial charge is 0.380 e. The van der Waals surface area contributed by atoms with E-state index in [0.717, 1.165) is 12.8 Å². The van der Waals surface area contributed by atoms with Crippen molar-refractivity contribution in [2.45, 2.75) is 64.9 Å². The van der Waals surface area contributed by atoms with E-state index in [1.54, 1.807) is 0 Å². The molecule has 1 N–H and O–H groups in total. The number of unbranched alkanes of at least 4 members (excludes halogenated alkanes) is 5. The van der Waals surface area contributed by atoms with Crippen LogP contribution in [0.5, 0.6) is 0 Å². The van der Waals surface area contributed by atoms with Gasteiger partial charge in [-0.15, -0.1) is 0 Å². The molecule has 0 fully saturated rings. The third-order valence-electron chi connectivity index (χ3n) is 2.28. The van der Waals surface area contributed by atoms with Gasteiger partial charge >= 0.3 is 0 Å². The van der Waals surface area contributed by atoms with E-state index in [-0.39, 0.29) is 12.2 Å². The molecular formula is C15H22O2. The lowest BCUT2D eigenvalue weighted by Crippen LogP contribution is -2.07. The molecule has 0 aromatic rings. The molecule has 0 aromatic heterocycles. The summed E-state index contributed by atoms with van der Waals surface area (Å²) in [5.74, 6) is 10.7. The molecule has 0 rings (SSSR count). The van der Waals surface area contributed by atoms with Crippen LogP contribution < -0.4 is 0 Å². The van der Waals surface area contributed by atoms with Gasteiger partial charge < -0.3 is 5.11 Å². The van der Waals surface area contributed by atoms with Crippen LogP contribution in [0.4, 0.5) is 0 Å². The predicted octanol–water partition coefficient (Wildman–Crippen LogP) is 2.69. The van der Waals surface area contributed by atoms with E-state index in [4.69, 9.17) is 0 Å². The maximum absolute atomic E-state index is 10.7. The molecule has 0 saturated heterocycles.